The molecule has 3 aromatic rings. The lowest BCUT2D eigenvalue weighted by Gasteiger charge is -2.42. The van der Waals surface area contributed by atoms with Crippen LogP contribution in [0.1, 0.15) is 13.8 Å². The Morgan fingerprint density at radius 3 is 2.63 bits per heavy atom. The minimum atomic E-state index is -4.10. The molecule has 1 aliphatic heterocycles. The Hall–Kier alpha value is -2.63. The largest absolute Gasteiger partial charge is 0.480 e. The molecule has 1 aliphatic rings. The number of carbonyl (C=O) groups is 1. The van der Waals surface area contributed by atoms with Crippen molar-refractivity contribution in [2.45, 2.75) is 29.5 Å². The Morgan fingerprint density at radius 2 is 1.97 bits per heavy atom. The van der Waals surface area contributed by atoms with Gasteiger partial charge in [-0.25, -0.2) is 8.42 Å². The Morgan fingerprint density at radius 1 is 1.23 bits per heavy atom. The summed E-state index contributed by atoms with van der Waals surface area (Å²) in [6, 6.07) is 7.18. The van der Waals surface area contributed by atoms with E-state index in [1.807, 2.05) is 0 Å². The van der Waals surface area contributed by atoms with E-state index < -0.39 is 31.7 Å². The van der Waals surface area contributed by atoms with Crippen molar-refractivity contribution in [3.8, 4) is 0 Å². The lowest BCUT2D eigenvalue weighted by Crippen LogP contribution is -2.58. The summed E-state index contributed by atoms with van der Waals surface area (Å²) in [5.41, 5.74) is 0.521. The first-order chi connectivity index (χ1) is 14.0. The fourth-order valence-electron chi connectivity index (χ4n) is 3.79. The number of aliphatic carboxylic acids is 1. The molecule has 0 bridgehead atoms. The van der Waals surface area contributed by atoms with Crippen LogP contribution in [0.15, 0.2) is 45.7 Å². The van der Waals surface area contributed by atoms with E-state index in [1.165, 1.54) is 48.2 Å². The predicted octanol–water partition coefficient (Wildman–Crippen LogP) is 3.46. The summed E-state index contributed by atoms with van der Waals surface area (Å²) in [6.07, 6.45) is 0. The van der Waals surface area contributed by atoms with Gasteiger partial charge in [-0.15, -0.1) is 0 Å². The molecule has 2 aromatic carbocycles. The molecule has 9 nitrogen and oxygen atoms in total. The Bertz CT molecular complexity index is 1300. The number of sulfonamides is 1. The fraction of sp³-hybridized carbons (Fsp3) is 0.316. The monoisotopic (exact) mass is 450 g/mol. The lowest BCUT2D eigenvalue weighted by molar-refractivity contribution is -0.384. The zero-order valence-corrected chi connectivity index (χ0v) is 17.7. The summed E-state index contributed by atoms with van der Waals surface area (Å²) < 4.78 is 32.6. The number of furan rings is 1. The third kappa shape index (κ3) is 3.22. The number of hydrogen-bond donors (Lipinski definition) is 1. The van der Waals surface area contributed by atoms with E-state index in [9.17, 15) is 28.4 Å². The number of nitrogens with zero attached hydrogens (tertiary/aromatic N) is 2. The second kappa shape index (κ2) is 6.96. The summed E-state index contributed by atoms with van der Waals surface area (Å²) in [5.74, 6) is -0.714. The average molecular weight is 450 g/mol. The number of thioether (sulfide) groups is 1. The van der Waals surface area contributed by atoms with Crippen LogP contribution in [0.2, 0.25) is 0 Å². The van der Waals surface area contributed by atoms with Gasteiger partial charge in [0.25, 0.3) is 5.69 Å². The number of carboxylic acids is 1. The average Bonchev–Trinajstić information content (AvgIpc) is 3.03. The molecule has 1 atom stereocenters. The summed E-state index contributed by atoms with van der Waals surface area (Å²) >= 11 is 1.42. The maximum atomic E-state index is 13.4. The van der Waals surface area contributed by atoms with Crippen LogP contribution in [0.25, 0.3) is 21.9 Å². The molecular weight excluding hydrogens is 432 g/mol. The van der Waals surface area contributed by atoms with E-state index in [-0.39, 0.29) is 22.7 Å². The first kappa shape index (κ1) is 20.6. The molecule has 0 radical (unpaired) electrons. The van der Waals surface area contributed by atoms with Crippen LogP contribution < -0.4 is 0 Å². The summed E-state index contributed by atoms with van der Waals surface area (Å²) in [6.45, 7) is 3.53. The van der Waals surface area contributed by atoms with Crippen molar-refractivity contribution in [3.63, 3.8) is 0 Å². The first-order valence-electron chi connectivity index (χ1n) is 9.02. The molecule has 0 aliphatic carbocycles. The highest BCUT2D eigenvalue weighted by atomic mass is 32.2. The summed E-state index contributed by atoms with van der Waals surface area (Å²) in [7, 11) is -4.10. The number of benzene rings is 2. The summed E-state index contributed by atoms with van der Waals surface area (Å²) in [4.78, 5) is 22.3. The highest BCUT2D eigenvalue weighted by Crippen LogP contribution is 2.39. The highest BCUT2D eigenvalue weighted by molar-refractivity contribution is 8.00. The molecule has 1 aromatic heterocycles. The number of nitro benzene ring substituents is 1. The van der Waals surface area contributed by atoms with Crippen LogP contribution in [-0.4, -0.2) is 51.8 Å². The van der Waals surface area contributed by atoms with Gasteiger partial charge in [-0.3, -0.25) is 14.9 Å². The zero-order chi connectivity index (χ0) is 21.8. The normalized spacial score (nSPS) is 19.9. The van der Waals surface area contributed by atoms with E-state index in [4.69, 9.17) is 4.42 Å². The number of rotatable bonds is 4. The molecule has 0 spiro atoms. The Balaban J connectivity index is 1.84. The van der Waals surface area contributed by atoms with Crippen LogP contribution in [0, 0.1) is 10.1 Å². The SMILES string of the molecule is CC1(C)SCCN(S(=O)(=O)c2ccc3oc4cc([N+](=O)[O-])ccc4c3c2)C1C(=O)O. The smallest absolute Gasteiger partial charge is 0.323 e. The molecule has 158 valence electrons. The number of nitro groups is 1. The van der Waals surface area contributed by atoms with Crippen molar-refractivity contribution in [3.05, 3.63) is 46.5 Å². The van der Waals surface area contributed by atoms with Gasteiger partial charge in [0, 0.05) is 33.9 Å². The van der Waals surface area contributed by atoms with Crippen molar-refractivity contribution in [2.75, 3.05) is 12.3 Å². The van der Waals surface area contributed by atoms with Gasteiger partial charge in [0.15, 0.2) is 0 Å². The minimum Gasteiger partial charge on any atom is -0.480 e. The molecule has 1 N–H and O–H groups in total. The number of hydrogen-bond acceptors (Lipinski definition) is 7. The van der Waals surface area contributed by atoms with E-state index in [1.54, 1.807) is 13.8 Å². The van der Waals surface area contributed by atoms with Crippen molar-refractivity contribution < 1.29 is 27.7 Å². The molecule has 1 saturated heterocycles. The Kier molecular flexibility index (Phi) is 4.79. The van der Waals surface area contributed by atoms with Crippen molar-refractivity contribution >= 4 is 55.4 Å². The lowest BCUT2D eigenvalue weighted by atomic mass is 10.0. The number of carboxylic acid groups (broad SMARTS) is 1. The molecular formula is C19H18N2O7S2. The molecule has 11 heteroatoms. The van der Waals surface area contributed by atoms with E-state index in [2.05, 4.69) is 0 Å². The standard InChI is InChI=1S/C19H18N2O7S2/c1-19(2)17(18(22)23)20(7-8-29-19)30(26,27)12-4-6-15-14(10-12)13-5-3-11(21(24)25)9-16(13)28-15/h3-6,9-10,17H,7-8H2,1-2H3,(H,22,23). The second-order valence-electron chi connectivity index (χ2n) is 7.51. The molecule has 2 heterocycles. The van der Waals surface area contributed by atoms with Crippen LogP contribution in [0.4, 0.5) is 5.69 Å². The van der Waals surface area contributed by atoms with Gasteiger partial charge < -0.3 is 9.52 Å². The maximum Gasteiger partial charge on any atom is 0.323 e. The molecule has 0 amide bonds. The number of non-ortho nitro benzene ring substituents is 1. The summed E-state index contributed by atoms with van der Waals surface area (Å²) in [5, 5.41) is 21.7. The zero-order valence-electron chi connectivity index (χ0n) is 16.1. The molecule has 4 rings (SSSR count). The second-order valence-corrected chi connectivity index (χ2v) is 11.1. The predicted molar refractivity (Wildman–Crippen MR) is 112 cm³/mol. The van der Waals surface area contributed by atoms with Gasteiger partial charge in [0.1, 0.15) is 17.2 Å². The van der Waals surface area contributed by atoms with Gasteiger partial charge in [-0.1, -0.05) is 0 Å². The van der Waals surface area contributed by atoms with Crippen molar-refractivity contribution in [1.82, 2.24) is 4.31 Å². The third-order valence-corrected chi connectivity index (χ3v) is 8.42. The van der Waals surface area contributed by atoms with E-state index in [0.717, 1.165) is 4.31 Å². The minimum absolute atomic E-state index is 0.0509. The molecule has 1 fully saturated rings. The van der Waals surface area contributed by atoms with Crippen LogP contribution in [0.3, 0.4) is 0 Å². The van der Waals surface area contributed by atoms with Crippen molar-refractivity contribution in [2.24, 2.45) is 0 Å². The molecule has 30 heavy (non-hydrogen) atoms. The van der Waals surface area contributed by atoms with Gasteiger partial charge in [-0.2, -0.15) is 16.1 Å². The highest BCUT2D eigenvalue weighted by Gasteiger charge is 2.48. The van der Waals surface area contributed by atoms with Crippen LogP contribution in [-0.2, 0) is 14.8 Å². The van der Waals surface area contributed by atoms with Crippen LogP contribution in [0.5, 0.6) is 0 Å². The maximum absolute atomic E-state index is 13.4. The quantitative estimate of drug-likeness (QED) is 0.472. The van der Waals surface area contributed by atoms with E-state index >= 15 is 0 Å². The first-order valence-corrected chi connectivity index (χ1v) is 11.4. The van der Waals surface area contributed by atoms with Crippen LogP contribution >= 0.6 is 11.8 Å². The Labute approximate surface area is 175 Å². The number of fused-ring (bicyclic) bond motifs is 3. The van der Waals surface area contributed by atoms with E-state index in [0.29, 0.717) is 22.1 Å². The fourth-order valence-corrected chi connectivity index (χ4v) is 6.91. The molecule has 0 saturated carbocycles. The third-order valence-electron chi connectivity index (χ3n) is 5.21. The van der Waals surface area contributed by atoms with Gasteiger partial charge in [-0.05, 0) is 38.1 Å². The van der Waals surface area contributed by atoms with Gasteiger partial charge in [0.05, 0.1) is 15.9 Å². The van der Waals surface area contributed by atoms with Crippen molar-refractivity contribution in [1.29, 1.82) is 0 Å². The topological polar surface area (TPSA) is 131 Å². The van der Waals surface area contributed by atoms with Gasteiger partial charge >= 0.3 is 5.97 Å². The van der Waals surface area contributed by atoms with Gasteiger partial charge in [0.2, 0.25) is 10.0 Å². The molecule has 1 unspecified atom stereocenters.